The molecule has 1 aromatic rings. The molecule has 0 aliphatic rings. The first-order valence-electron chi connectivity index (χ1n) is 5.20. The monoisotopic (exact) mass is 261 g/mol. The van der Waals surface area contributed by atoms with Gasteiger partial charge in [0.25, 0.3) is 5.91 Å². The molecule has 0 fully saturated rings. The lowest BCUT2D eigenvalue weighted by Gasteiger charge is -2.14. The molecule has 16 heavy (non-hydrogen) atoms. The number of methoxy groups -OCH3 is 1. The predicted molar refractivity (Wildman–Crippen MR) is 67.8 cm³/mol. The number of amides is 1. The molecule has 0 saturated carbocycles. The Kier molecular flexibility index (Phi) is 5.63. The molecule has 0 bridgehead atoms. The highest BCUT2D eigenvalue weighted by Crippen LogP contribution is 2.21. The molecule has 0 aliphatic heterocycles. The molecule has 0 aromatic carbocycles. The van der Waals surface area contributed by atoms with E-state index in [1.807, 2.05) is 12.3 Å². The Balaban J connectivity index is 2.56. The van der Waals surface area contributed by atoms with Gasteiger partial charge in [-0.15, -0.1) is 22.9 Å². The molecule has 1 unspecified atom stereocenters. The number of carbonyl (C=O) groups excluding carboxylic acids is 1. The summed E-state index contributed by atoms with van der Waals surface area (Å²) in [7, 11) is 1.59. The van der Waals surface area contributed by atoms with Crippen molar-refractivity contribution < 1.29 is 9.53 Å². The number of hydrogen-bond acceptors (Lipinski definition) is 3. The molecule has 0 spiro atoms. The van der Waals surface area contributed by atoms with E-state index in [-0.39, 0.29) is 11.9 Å². The normalized spacial score (nSPS) is 12.2. The smallest absolute Gasteiger partial charge is 0.261 e. The summed E-state index contributed by atoms with van der Waals surface area (Å²) in [6, 6.07) is 1.89. The number of alkyl halides is 1. The van der Waals surface area contributed by atoms with Crippen molar-refractivity contribution in [1.29, 1.82) is 0 Å². The summed E-state index contributed by atoms with van der Waals surface area (Å²) in [6.07, 6.45) is 1.69. The minimum absolute atomic E-state index is 0.0507. The topological polar surface area (TPSA) is 38.3 Å². The number of hydrogen-bond donors (Lipinski definition) is 1. The van der Waals surface area contributed by atoms with E-state index in [2.05, 4.69) is 5.32 Å². The van der Waals surface area contributed by atoms with Gasteiger partial charge in [-0.3, -0.25) is 4.79 Å². The van der Waals surface area contributed by atoms with E-state index < -0.39 is 0 Å². The first-order chi connectivity index (χ1) is 7.71. The molecule has 0 saturated heterocycles. The summed E-state index contributed by atoms with van der Waals surface area (Å²) < 4.78 is 5.03. The van der Waals surface area contributed by atoms with Crippen LogP contribution in [0.4, 0.5) is 0 Å². The highest BCUT2D eigenvalue weighted by atomic mass is 35.5. The van der Waals surface area contributed by atoms with Crippen LogP contribution in [0.25, 0.3) is 0 Å². The maximum atomic E-state index is 11.8. The molecule has 1 atom stereocenters. The van der Waals surface area contributed by atoms with Gasteiger partial charge in [-0.05, 0) is 12.8 Å². The van der Waals surface area contributed by atoms with Crippen LogP contribution in [0, 0.1) is 0 Å². The van der Waals surface area contributed by atoms with Crippen LogP contribution < -0.4 is 10.1 Å². The van der Waals surface area contributed by atoms with Gasteiger partial charge in [-0.25, -0.2) is 0 Å². The highest BCUT2D eigenvalue weighted by Gasteiger charge is 2.13. The summed E-state index contributed by atoms with van der Waals surface area (Å²) in [5.41, 5.74) is 0. The summed E-state index contributed by atoms with van der Waals surface area (Å²) >= 11 is 7.05. The lowest BCUT2D eigenvalue weighted by atomic mass is 10.1. The molecule has 90 valence electrons. The summed E-state index contributed by atoms with van der Waals surface area (Å²) in [4.78, 5) is 12.5. The Morgan fingerprint density at radius 3 is 2.94 bits per heavy atom. The van der Waals surface area contributed by atoms with Gasteiger partial charge in [-0.1, -0.05) is 6.92 Å². The molecule has 0 aliphatic carbocycles. The van der Waals surface area contributed by atoms with Crippen LogP contribution in [0.1, 0.15) is 29.4 Å². The standard InChI is InChI=1S/C11H16ClNO2S/c1-3-8(4-5-12)13-11(14)10-6-9(15-2)7-16-10/h6-8H,3-5H2,1-2H3,(H,13,14). The van der Waals surface area contributed by atoms with E-state index in [9.17, 15) is 4.79 Å². The molecule has 1 N–H and O–H groups in total. The second-order valence-corrected chi connectivity index (χ2v) is 4.70. The van der Waals surface area contributed by atoms with Crippen molar-refractivity contribution in [3.05, 3.63) is 16.3 Å². The molecule has 5 heteroatoms. The third-order valence-corrected chi connectivity index (χ3v) is 3.45. The van der Waals surface area contributed by atoms with Gasteiger partial charge in [0, 0.05) is 23.4 Å². The first-order valence-corrected chi connectivity index (χ1v) is 6.62. The van der Waals surface area contributed by atoms with Crippen LogP contribution in [0.5, 0.6) is 5.75 Å². The molecule has 1 rings (SSSR count). The zero-order chi connectivity index (χ0) is 12.0. The van der Waals surface area contributed by atoms with Gasteiger partial charge in [0.2, 0.25) is 0 Å². The zero-order valence-electron chi connectivity index (χ0n) is 9.46. The number of halogens is 1. The highest BCUT2D eigenvalue weighted by molar-refractivity contribution is 7.12. The lowest BCUT2D eigenvalue weighted by molar-refractivity contribution is 0.0939. The van der Waals surface area contributed by atoms with Gasteiger partial charge in [0.1, 0.15) is 5.75 Å². The van der Waals surface area contributed by atoms with Crippen molar-refractivity contribution >= 4 is 28.8 Å². The van der Waals surface area contributed by atoms with Crippen molar-refractivity contribution in [2.45, 2.75) is 25.8 Å². The average Bonchev–Trinajstić information content (AvgIpc) is 2.76. The van der Waals surface area contributed by atoms with Crippen molar-refractivity contribution in [3.8, 4) is 5.75 Å². The number of thiophene rings is 1. The maximum Gasteiger partial charge on any atom is 0.261 e. The quantitative estimate of drug-likeness (QED) is 0.800. The Morgan fingerprint density at radius 2 is 2.44 bits per heavy atom. The number of nitrogens with one attached hydrogen (secondary N) is 1. The second kappa shape index (κ2) is 6.76. The molecule has 1 amide bonds. The Labute approximate surface area is 105 Å². The third kappa shape index (κ3) is 3.68. The minimum Gasteiger partial charge on any atom is -0.496 e. The Morgan fingerprint density at radius 1 is 1.69 bits per heavy atom. The summed E-state index contributed by atoms with van der Waals surface area (Å²) in [5.74, 6) is 1.23. The van der Waals surface area contributed by atoms with E-state index in [0.717, 1.165) is 18.6 Å². The number of ether oxygens (including phenoxy) is 1. The summed E-state index contributed by atoms with van der Waals surface area (Å²) in [5, 5.41) is 4.77. The van der Waals surface area contributed by atoms with E-state index in [1.165, 1.54) is 11.3 Å². The van der Waals surface area contributed by atoms with Crippen LogP contribution in [-0.4, -0.2) is 24.9 Å². The fourth-order valence-corrected chi connectivity index (χ4v) is 2.33. The van der Waals surface area contributed by atoms with E-state index in [1.54, 1.807) is 13.2 Å². The summed E-state index contributed by atoms with van der Waals surface area (Å²) in [6.45, 7) is 2.03. The minimum atomic E-state index is -0.0507. The predicted octanol–water partition coefficient (Wildman–Crippen LogP) is 2.89. The third-order valence-electron chi connectivity index (χ3n) is 2.32. The number of carbonyl (C=O) groups is 1. The second-order valence-electron chi connectivity index (χ2n) is 3.41. The van der Waals surface area contributed by atoms with Crippen molar-refractivity contribution in [3.63, 3.8) is 0 Å². The zero-order valence-corrected chi connectivity index (χ0v) is 11.0. The molecule has 3 nitrogen and oxygen atoms in total. The molecular formula is C11H16ClNO2S. The van der Waals surface area contributed by atoms with Crippen LogP contribution in [0.2, 0.25) is 0 Å². The molecule has 0 radical (unpaired) electrons. The van der Waals surface area contributed by atoms with Crippen LogP contribution in [-0.2, 0) is 0 Å². The van der Waals surface area contributed by atoms with Crippen molar-refractivity contribution in [1.82, 2.24) is 5.32 Å². The average molecular weight is 262 g/mol. The van der Waals surface area contributed by atoms with E-state index in [4.69, 9.17) is 16.3 Å². The van der Waals surface area contributed by atoms with Gasteiger partial charge in [0.15, 0.2) is 0 Å². The fraction of sp³-hybridized carbons (Fsp3) is 0.545. The van der Waals surface area contributed by atoms with Gasteiger partial charge < -0.3 is 10.1 Å². The molecule has 1 heterocycles. The fourth-order valence-electron chi connectivity index (χ4n) is 1.31. The van der Waals surface area contributed by atoms with Crippen LogP contribution in [0.15, 0.2) is 11.4 Å². The van der Waals surface area contributed by atoms with Gasteiger partial charge >= 0.3 is 0 Å². The Hall–Kier alpha value is -0.740. The van der Waals surface area contributed by atoms with Crippen LogP contribution in [0.3, 0.4) is 0 Å². The van der Waals surface area contributed by atoms with Crippen LogP contribution >= 0.6 is 22.9 Å². The largest absolute Gasteiger partial charge is 0.496 e. The first kappa shape index (κ1) is 13.3. The lowest BCUT2D eigenvalue weighted by Crippen LogP contribution is -2.34. The number of rotatable bonds is 6. The van der Waals surface area contributed by atoms with Gasteiger partial charge in [-0.2, -0.15) is 0 Å². The Bertz CT molecular complexity index is 340. The van der Waals surface area contributed by atoms with Gasteiger partial charge in [0.05, 0.1) is 12.0 Å². The maximum absolute atomic E-state index is 11.8. The van der Waals surface area contributed by atoms with E-state index in [0.29, 0.717) is 10.8 Å². The molecular weight excluding hydrogens is 246 g/mol. The molecule has 1 aromatic heterocycles. The SMILES string of the molecule is CCC(CCCl)NC(=O)c1cc(OC)cs1. The van der Waals surface area contributed by atoms with Crippen molar-refractivity contribution in [2.75, 3.05) is 13.0 Å². The van der Waals surface area contributed by atoms with E-state index >= 15 is 0 Å². The van der Waals surface area contributed by atoms with Crippen molar-refractivity contribution in [2.24, 2.45) is 0 Å².